The van der Waals surface area contributed by atoms with Crippen LogP contribution in [0.2, 0.25) is 0 Å². The van der Waals surface area contributed by atoms with E-state index in [0.717, 1.165) is 61.1 Å². The Morgan fingerprint density at radius 1 is 0.906 bits per heavy atom. The molecule has 1 aliphatic heterocycles. The van der Waals surface area contributed by atoms with Gasteiger partial charge in [-0.15, -0.1) is 0 Å². The lowest BCUT2D eigenvalue weighted by Gasteiger charge is -2.39. The van der Waals surface area contributed by atoms with E-state index in [1.807, 2.05) is 35.2 Å². The molecule has 5 rings (SSSR count). The molecular formula is C26H30N4O2. The number of likely N-dealkylation sites (N-methyl/N-ethyl adjacent to an activating group) is 1. The maximum Gasteiger partial charge on any atom is 0.268 e. The van der Waals surface area contributed by atoms with Gasteiger partial charge in [0.25, 0.3) is 5.91 Å². The second kappa shape index (κ2) is 8.43. The van der Waals surface area contributed by atoms with Crippen LogP contribution >= 0.6 is 0 Å². The normalized spacial score (nSPS) is 18.7. The molecule has 1 saturated carbocycles. The highest BCUT2D eigenvalue weighted by molar-refractivity contribution is 6.02. The van der Waals surface area contributed by atoms with Crippen LogP contribution in [-0.4, -0.2) is 65.4 Å². The molecule has 0 spiro atoms. The van der Waals surface area contributed by atoms with Gasteiger partial charge in [0.2, 0.25) is 5.91 Å². The van der Waals surface area contributed by atoms with E-state index in [2.05, 4.69) is 46.5 Å². The molecule has 0 atom stereocenters. The summed E-state index contributed by atoms with van der Waals surface area (Å²) in [5, 5.41) is 4.14. The van der Waals surface area contributed by atoms with Gasteiger partial charge in [0, 0.05) is 37.1 Å². The summed E-state index contributed by atoms with van der Waals surface area (Å²) in [5.74, 6) is -0.120. The molecule has 1 saturated heterocycles. The fraction of sp³-hybridized carbons (Fsp3) is 0.385. The van der Waals surface area contributed by atoms with Crippen molar-refractivity contribution in [3.63, 3.8) is 0 Å². The van der Waals surface area contributed by atoms with Crippen LogP contribution in [0, 0.1) is 0 Å². The van der Waals surface area contributed by atoms with Crippen molar-refractivity contribution < 1.29 is 9.59 Å². The number of hydrogen-bond acceptors (Lipinski definition) is 3. The third-order valence-corrected chi connectivity index (χ3v) is 6.98. The van der Waals surface area contributed by atoms with Crippen molar-refractivity contribution >= 4 is 22.7 Å². The van der Waals surface area contributed by atoms with E-state index in [1.54, 1.807) is 0 Å². The topological polar surface area (TPSA) is 68.4 Å². The van der Waals surface area contributed by atoms with Crippen molar-refractivity contribution in [2.45, 2.75) is 31.2 Å². The summed E-state index contributed by atoms with van der Waals surface area (Å²) in [6.45, 7) is 3.20. The van der Waals surface area contributed by atoms with Crippen molar-refractivity contribution in [2.75, 3.05) is 33.2 Å². The second-order valence-electron chi connectivity index (χ2n) is 9.19. The van der Waals surface area contributed by atoms with Crippen LogP contribution in [0.1, 0.15) is 36.2 Å². The molecule has 2 N–H and O–H groups in total. The highest BCUT2D eigenvalue weighted by Gasteiger charge is 2.45. The molecule has 2 fully saturated rings. The molecule has 6 nitrogen and oxygen atoms in total. The van der Waals surface area contributed by atoms with Gasteiger partial charge in [-0.2, -0.15) is 0 Å². The predicted octanol–water partition coefficient (Wildman–Crippen LogP) is 3.65. The summed E-state index contributed by atoms with van der Waals surface area (Å²) in [6, 6.07) is 18.2. The van der Waals surface area contributed by atoms with E-state index in [-0.39, 0.29) is 11.8 Å². The third-order valence-electron chi connectivity index (χ3n) is 6.98. The summed E-state index contributed by atoms with van der Waals surface area (Å²) in [4.78, 5) is 34.1. The van der Waals surface area contributed by atoms with Crippen LogP contribution in [0.3, 0.4) is 0 Å². The summed E-state index contributed by atoms with van der Waals surface area (Å²) < 4.78 is 0. The zero-order valence-electron chi connectivity index (χ0n) is 18.6. The van der Waals surface area contributed by atoms with Crippen LogP contribution in [-0.2, 0) is 4.79 Å². The minimum atomic E-state index is -0.778. The quantitative estimate of drug-likeness (QED) is 0.664. The van der Waals surface area contributed by atoms with Gasteiger partial charge in [-0.3, -0.25) is 9.59 Å². The average Bonchev–Trinajstić information content (AvgIpc) is 3.47. The number of amides is 2. The molecule has 2 aromatic carbocycles. The molecular weight excluding hydrogens is 400 g/mol. The molecule has 1 aliphatic carbocycles. The number of fused-ring (bicyclic) bond motifs is 1. The molecule has 0 bridgehead atoms. The van der Waals surface area contributed by atoms with Gasteiger partial charge in [-0.25, -0.2) is 0 Å². The number of rotatable bonds is 4. The number of benzene rings is 2. The molecule has 0 radical (unpaired) electrons. The first-order valence-electron chi connectivity index (χ1n) is 11.5. The molecule has 2 heterocycles. The Morgan fingerprint density at radius 3 is 2.34 bits per heavy atom. The number of aromatic nitrogens is 1. The Bertz CT molecular complexity index is 1120. The van der Waals surface area contributed by atoms with E-state index < -0.39 is 5.54 Å². The van der Waals surface area contributed by atoms with Gasteiger partial charge >= 0.3 is 0 Å². The van der Waals surface area contributed by atoms with Crippen molar-refractivity contribution in [3.8, 4) is 11.1 Å². The Kier molecular flexibility index (Phi) is 5.47. The standard InChI is InChI=1S/C26H30N4O2/c1-29-13-15-30(16-14-29)25(32)26(11-5-6-12-26)28-24(31)23-18-21-10-9-20(17-22(21)27-23)19-7-3-2-4-8-19/h2-4,7-10,17-18,27H,5-6,11-16H2,1H3,(H,28,31). The highest BCUT2D eigenvalue weighted by atomic mass is 16.2. The highest BCUT2D eigenvalue weighted by Crippen LogP contribution is 2.33. The zero-order valence-corrected chi connectivity index (χ0v) is 18.6. The van der Waals surface area contributed by atoms with Crippen LogP contribution < -0.4 is 5.32 Å². The number of H-pyrrole nitrogens is 1. The van der Waals surface area contributed by atoms with E-state index in [1.165, 1.54) is 0 Å². The largest absolute Gasteiger partial charge is 0.351 e. The second-order valence-corrected chi connectivity index (χ2v) is 9.19. The van der Waals surface area contributed by atoms with Crippen LogP contribution in [0.4, 0.5) is 0 Å². The van der Waals surface area contributed by atoms with Gasteiger partial charge in [0.05, 0.1) is 0 Å². The molecule has 166 valence electrons. The maximum atomic E-state index is 13.5. The first kappa shape index (κ1) is 20.8. The average molecular weight is 431 g/mol. The number of carbonyl (C=O) groups excluding carboxylic acids is 2. The van der Waals surface area contributed by atoms with E-state index in [9.17, 15) is 9.59 Å². The molecule has 3 aromatic rings. The first-order valence-corrected chi connectivity index (χ1v) is 11.5. The van der Waals surface area contributed by atoms with Gasteiger partial charge in [-0.1, -0.05) is 55.3 Å². The van der Waals surface area contributed by atoms with Gasteiger partial charge < -0.3 is 20.1 Å². The number of nitrogens with zero attached hydrogens (tertiary/aromatic N) is 2. The number of aromatic amines is 1. The minimum absolute atomic E-state index is 0.0823. The zero-order chi connectivity index (χ0) is 22.1. The fourth-order valence-corrected chi connectivity index (χ4v) is 5.03. The Hall–Kier alpha value is -3.12. The Morgan fingerprint density at radius 2 is 1.62 bits per heavy atom. The summed E-state index contributed by atoms with van der Waals surface area (Å²) in [7, 11) is 2.08. The lowest BCUT2D eigenvalue weighted by atomic mass is 9.94. The maximum absolute atomic E-state index is 13.5. The van der Waals surface area contributed by atoms with E-state index in [4.69, 9.17) is 0 Å². The van der Waals surface area contributed by atoms with Crippen molar-refractivity contribution in [1.82, 2.24) is 20.1 Å². The first-order chi connectivity index (χ1) is 15.5. The molecule has 6 heteroatoms. The lowest BCUT2D eigenvalue weighted by Crippen LogP contribution is -2.61. The SMILES string of the molecule is CN1CCN(C(=O)C2(NC(=O)c3cc4ccc(-c5ccccc5)cc4[nH]3)CCCC2)CC1. The van der Waals surface area contributed by atoms with Crippen LogP contribution in [0.25, 0.3) is 22.0 Å². The fourth-order valence-electron chi connectivity index (χ4n) is 5.03. The monoisotopic (exact) mass is 430 g/mol. The van der Waals surface area contributed by atoms with Crippen molar-refractivity contribution in [1.29, 1.82) is 0 Å². The summed E-state index contributed by atoms with van der Waals surface area (Å²) >= 11 is 0. The van der Waals surface area contributed by atoms with Crippen LogP contribution in [0.5, 0.6) is 0 Å². The summed E-state index contributed by atoms with van der Waals surface area (Å²) in [5.41, 5.74) is 2.88. The van der Waals surface area contributed by atoms with E-state index >= 15 is 0 Å². The van der Waals surface area contributed by atoms with Gasteiger partial charge in [0.1, 0.15) is 11.2 Å². The van der Waals surface area contributed by atoms with E-state index in [0.29, 0.717) is 18.5 Å². The summed E-state index contributed by atoms with van der Waals surface area (Å²) in [6.07, 6.45) is 3.35. The Labute approximate surface area is 188 Å². The molecule has 0 unspecified atom stereocenters. The van der Waals surface area contributed by atoms with Crippen LogP contribution in [0.15, 0.2) is 54.6 Å². The number of carbonyl (C=O) groups is 2. The molecule has 32 heavy (non-hydrogen) atoms. The molecule has 1 aromatic heterocycles. The predicted molar refractivity (Wildman–Crippen MR) is 126 cm³/mol. The van der Waals surface area contributed by atoms with Crippen molar-refractivity contribution in [2.24, 2.45) is 0 Å². The minimum Gasteiger partial charge on any atom is -0.351 e. The molecule has 2 aliphatic rings. The van der Waals surface area contributed by atoms with Gasteiger partial charge in [-0.05, 0) is 43.1 Å². The van der Waals surface area contributed by atoms with Gasteiger partial charge in [0.15, 0.2) is 0 Å². The van der Waals surface area contributed by atoms with Crippen molar-refractivity contribution in [3.05, 3.63) is 60.3 Å². The molecule has 2 amide bonds. The lowest BCUT2D eigenvalue weighted by molar-refractivity contribution is -0.139. The number of hydrogen-bond donors (Lipinski definition) is 2. The number of nitrogens with one attached hydrogen (secondary N) is 2. The smallest absolute Gasteiger partial charge is 0.268 e. The number of piperazine rings is 1. The third kappa shape index (κ3) is 3.91. The Balaban J connectivity index is 1.37.